The number of nitrogens with one attached hydrogen (secondary N) is 1. The molecule has 106 valence electrons. The Hall–Kier alpha value is -1.06. The molecule has 4 heteroatoms. The van der Waals surface area contributed by atoms with Gasteiger partial charge in [0.1, 0.15) is 6.04 Å². The Labute approximate surface area is 110 Å². The van der Waals surface area contributed by atoms with Crippen molar-refractivity contribution in [1.82, 2.24) is 5.32 Å². The molecule has 0 rings (SSSR count). The van der Waals surface area contributed by atoms with E-state index in [9.17, 15) is 9.59 Å². The Morgan fingerprint density at radius 3 is 1.72 bits per heavy atom. The zero-order valence-corrected chi connectivity index (χ0v) is 12.4. The predicted molar refractivity (Wildman–Crippen MR) is 72.2 cm³/mol. The fraction of sp³-hybridized carbons (Fsp3) is 0.857. The SMILES string of the molecule is CC(C)C[C@H](NC(=O)C(C(C)C)C(C)C)C(=O)O. The van der Waals surface area contributed by atoms with Crippen molar-refractivity contribution in [3.05, 3.63) is 0 Å². The molecule has 0 aromatic heterocycles. The van der Waals surface area contributed by atoms with Gasteiger partial charge in [-0.25, -0.2) is 4.79 Å². The Morgan fingerprint density at radius 2 is 1.44 bits per heavy atom. The van der Waals surface area contributed by atoms with E-state index in [0.29, 0.717) is 6.42 Å². The first-order valence-electron chi connectivity index (χ1n) is 6.70. The molecule has 1 amide bonds. The molecule has 0 aromatic rings. The van der Waals surface area contributed by atoms with Gasteiger partial charge in [-0.1, -0.05) is 41.5 Å². The summed E-state index contributed by atoms with van der Waals surface area (Å²) in [6.45, 7) is 11.9. The minimum atomic E-state index is -0.955. The van der Waals surface area contributed by atoms with Crippen molar-refractivity contribution in [2.75, 3.05) is 0 Å². The van der Waals surface area contributed by atoms with Gasteiger partial charge >= 0.3 is 5.97 Å². The van der Waals surface area contributed by atoms with Gasteiger partial charge in [0.05, 0.1) is 0 Å². The van der Waals surface area contributed by atoms with Crippen LogP contribution in [0.3, 0.4) is 0 Å². The van der Waals surface area contributed by atoms with Crippen LogP contribution >= 0.6 is 0 Å². The lowest BCUT2D eigenvalue weighted by Crippen LogP contribution is -2.46. The summed E-state index contributed by atoms with van der Waals surface area (Å²) in [4.78, 5) is 23.3. The Kier molecular flexibility index (Phi) is 6.96. The zero-order chi connectivity index (χ0) is 14.5. The number of carboxylic acid groups (broad SMARTS) is 1. The van der Waals surface area contributed by atoms with Crippen LogP contribution in [0.15, 0.2) is 0 Å². The minimum Gasteiger partial charge on any atom is -0.480 e. The van der Waals surface area contributed by atoms with Gasteiger partial charge in [-0.15, -0.1) is 0 Å². The molecule has 0 radical (unpaired) electrons. The summed E-state index contributed by atoms with van der Waals surface area (Å²) in [6, 6.07) is -0.780. The van der Waals surface area contributed by atoms with E-state index < -0.39 is 12.0 Å². The normalized spacial score (nSPS) is 13.4. The molecule has 0 aliphatic rings. The third kappa shape index (κ3) is 5.52. The fourth-order valence-electron chi connectivity index (χ4n) is 2.34. The maximum Gasteiger partial charge on any atom is 0.326 e. The van der Waals surface area contributed by atoms with E-state index >= 15 is 0 Å². The van der Waals surface area contributed by atoms with Crippen molar-refractivity contribution in [2.45, 2.75) is 54.0 Å². The number of carbonyl (C=O) groups excluding carboxylic acids is 1. The molecule has 0 heterocycles. The lowest BCUT2D eigenvalue weighted by Gasteiger charge is -2.26. The van der Waals surface area contributed by atoms with Gasteiger partial charge in [0, 0.05) is 5.92 Å². The molecule has 0 unspecified atom stereocenters. The van der Waals surface area contributed by atoms with Gasteiger partial charge < -0.3 is 10.4 Å². The first-order valence-corrected chi connectivity index (χ1v) is 6.70. The van der Waals surface area contributed by atoms with Crippen LogP contribution in [-0.4, -0.2) is 23.0 Å². The summed E-state index contributed by atoms with van der Waals surface area (Å²) in [6.07, 6.45) is 0.462. The molecule has 0 saturated heterocycles. The van der Waals surface area contributed by atoms with Crippen LogP contribution < -0.4 is 5.32 Å². The highest BCUT2D eigenvalue weighted by Crippen LogP contribution is 2.21. The Balaban J connectivity index is 4.71. The van der Waals surface area contributed by atoms with E-state index in [4.69, 9.17) is 5.11 Å². The number of carboxylic acids is 1. The largest absolute Gasteiger partial charge is 0.480 e. The Bertz CT molecular complexity index is 277. The van der Waals surface area contributed by atoms with E-state index in [-0.39, 0.29) is 29.6 Å². The number of hydrogen-bond acceptors (Lipinski definition) is 2. The van der Waals surface area contributed by atoms with Crippen molar-refractivity contribution >= 4 is 11.9 Å². The highest BCUT2D eigenvalue weighted by atomic mass is 16.4. The second kappa shape index (κ2) is 7.39. The molecule has 0 aliphatic heterocycles. The van der Waals surface area contributed by atoms with Crippen LogP contribution in [0, 0.1) is 23.7 Å². The van der Waals surface area contributed by atoms with Crippen LogP contribution in [0.5, 0.6) is 0 Å². The summed E-state index contributed by atoms with van der Waals surface area (Å²) >= 11 is 0. The molecule has 0 fully saturated rings. The lowest BCUT2D eigenvalue weighted by molar-refractivity contribution is -0.143. The molecular weight excluding hydrogens is 230 g/mol. The Morgan fingerprint density at radius 1 is 1.00 bits per heavy atom. The average molecular weight is 257 g/mol. The number of aliphatic carboxylic acids is 1. The van der Waals surface area contributed by atoms with Crippen LogP contribution in [0.1, 0.15) is 48.0 Å². The molecule has 0 aliphatic carbocycles. The number of rotatable bonds is 7. The molecule has 18 heavy (non-hydrogen) atoms. The highest BCUT2D eigenvalue weighted by Gasteiger charge is 2.29. The third-order valence-electron chi connectivity index (χ3n) is 3.06. The van der Waals surface area contributed by atoms with Crippen molar-refractivity contribution in [1.29, 1.82) is 0 Å². The van der Waals surface area contributed by atoms with E-state index in [1.807, 2.05) is 41.5 Å². The highest BCUT2D eigenvalue weighted by molar-refractivity contribution is 5.85. The van der Waals surface area contributed by atoms with Gasteiger partial charge in [0.15, 0.2) is 0 Å². The zero-order valence-electron chi connectivity index (χ0n) is 12.4. The first-order chi connectivity index (χ1) is 8.16. The van der Waals surface area contributed by atoms with Gasteiger partial charge in [-0.2, -0.15) is 0 Å². The van der Waals surface area contributed by atoms with Crippen LogP contribution in [0.4, 0.5) is 0 Å². The molecule has 0 spiro atoms. The van der Waals surface area contributed by atoms with Crippen molar-refractivity contribution in [3.8, 4) is 0 Å². The van der Waals surface area contributed by atoms with Gasteiger partial charge in [0.2, 0.25) is 5.91 Å². The second-order valence-corrected chi connectivity index (χ2v) is 6.04. The maximum atomic E-state index is 12.1. The standard InChI is InChI=1S/C14H27NO3/c1-8(2)7-11(14(17)18)15-13(16)12(9(3)4)10(5)6/h8-12H,7H2,1-6H3,(H,15,16)(H,17,18)/t11-/m0/s1. The molecule has 0 bridgehead atoms. The smallest absolute Gasteiger partial charge is 0.326 e. The maximum absolute atomic E-state index is 12.1. The molecule has 1 atom stereocenters. The first kappa shape index (κ1) is 16.9. The van der Waals surface area contributed by atoms with E-state index in [1.54, 1.807) is 0 Å². The van der Waals surface area contributed by atoms with Crippen LogP contribution in [0.25, 0.3) is 0 Å². The van der Waals surface area contributed by atoms with Gasteiger partial charge in [-0.05, 0) is 24.2 Å². The molecule has 4 nitrogen and oxygen atoms in total. The lowest BCUT2D eigenvalue weighted by atomic mass is 9.84. The topological polar surface area (TPSA) is 66.4 Å². The van der Waals surface area contributed by atoms with E-state index in [1.165, 1.54) is 0 Å². The second-order valence-electron chi connectivity index (χ2n) is 6.04. The molecular formula is C14H27NO3. The fourth-order valence-corrected chi connectivity index (χ4v) is 2.34. The predicted octanol–water partition coefficient (Wildman–Crippen LogP) is 2.53. The van der Waals surface area contributed by atoms with Gasteiger partial charge in [0.25, 0.3) is 0 Å². The molecule has 2 N–H and O–H groups in total. The third-order valence-corrected chi connectivity index (χ3v) is 3.06. The van der Waals surface area contributed by atoms with E-state index in [0.717, 1.165) is 0 Å². The summed E-state index contributed by atoms with van der Waals surface area (Å²) < 4.78 is 0. The minimum absolute atomic E-state index is 0.140. The number of carbonyl (C=O) groups is 2. The molecule has 0 saturated carbocycles. The molecule has 0 aromatic carbocycles. The van der Waals surface area contributed by atoms with Crippen LogP contribution in [0.2, 0.25) is 0 Å². The monoisotopic (exact) mass is 257 g/mol. The summed E-state index contributed by atoms with van der Waals surface area (Å²) in [5.41, 5.74) is 0. The summed E-state index contributed by atoms with van der Waals surface area (Å²) in [5, 5.41) is 11.8. The number of hydrogen-bond donors (Lipinski definition) is 2. The summed E-state index contributed by atoms with van der Waals surface area (Å²) in [7, 11) is 0. The number of amides is 1. The van der Waals surface area contributed by atoms with Gasteiger partial charge in [-0.3, -0.25) is 4.79 Å². The van der Waals surface area contributed by atoms with E-state index in [2.05, 4.69) is 5.32 Å². The summed E-state index contributed by atoms with van der Waals surface area (Å²) in [5.74, 6) is -0.588. The van der Waals surface area contributed by atoms with Crippen molar-refractivity contribution < 1.29 is 14.7 Å². The van der Waals surface area contributed by atoms with Crippen LogP contribution in [-0.2, 0) is 9.59 Å². The quantitative estimate of drug-likeness (QED) is 0.736. The average Bonchev–Trinajstić information content (AvgIpc) is 2.13. The van der Waals surface area contributed by atoms with Crippen molar-refractivity contribution in [3.63, 3.8) is 0 Å². The van der Waals surface area contributed by atoms with Crippen molar-refractivity contribution in [2.24, 2.45) is 23.7 Å².